The van der Waals surface area contributed by atoms with Gasteiger partial charge < -0.3 is 20.5 Å². The molecule has 2 unspecified atom stereocenters. The van der Waals surface area contributed by atoms with E-state index >= 15 is 0 Å². The van der Waals surface area contributed by atoms with E-state index in [1.54, 1.807) is 4.90 Å². The number of carbonyl (C=O) groups is 2. The summed E-state index contributed by atoms with van der Waals surface area (Å²) in [5.74, 6) is -0.901. The van der Waals surface area contributed by atoms with E-state index in [2.05, 4.69) is 0 Å². The van der Waals surface area contributed by atoms with Crippen LogP contribution < -0.4 is 5.73 Å². The van der Waals surface area contributed by atoms with E-state index in [-0.39, 0.29) is 18.2 Å². The van der Waals surface area contributed by atoms with Crippen molar-refractivity contribution >= 4 is 11.9 Å². The molecule has 18 heavy (non-hydrogen) atoms. The molecule has 0 aromatic carbocycles. The number of hydrogen-bond acceptors (Lipinski definition) is 4. The lowest BCUT2D eigenvalue weighted by Crippen LogP contribution is -2.53. The van der Waals surface area contributed by atoms with E-state index in [4.69, 9.17) is 15.6 Å². The van der Waals surface area contributed by atoms with E-state index in [0.717, 1.165) is 6.42 Å². The van der Waals surface area contributed by atoms with Gasteiger partial charge in [-0.1, -0.05) is 20.3 Å². The Bertz CT molecular complexity index is 308. The molecule has 0 bridgehead atoms. The number of amides is 1. The smallest absolute Gasteiger partial charge is 0.306 e. The van der Waals surface area contributed by atoms with E-state index in [1.807, 2.05) is 13.8 Å². The highest BCUT2D eigenvalue weighted by Crippen LogP contribution is 2.13. The third kappa shape index (κ3) is 3.96. The molecule has 1 rings (SSSR count). The normalized spacial score (nSPS) is 23.5. The standard InChI is InChI=1S/C12H22N2O4/c1-3-8(2)11(13)12(17)14-4-5-18-9(7-14)6-10(15)16/h8-9,11H,3-7,13H2,1-2H3,(H,15,16)/t8?,9?,11-/m0/s1. The van der Waals surface area contributed by atoms with Crippen LogP contribution in [0.5, 0.6) is 0 Å². The highest BCUT2D eigenvalue weighted by molar-refractivity contribution is 5.82. The van der Waals surface area contributed by atoms with E-state index in [0.29, 0.717) is 19.7 Å². The zero-order chi connectivity index (χ0) is 13.7. The second-order valence-corrected chi connectivity index (χ2v) is 4.79. The topological polar surface area (TPSA) is 92.9 Å². The summed E-state index contributed by atoms with van der Waals surface area (Å²) in [6.07, 6.45) is 0.336. The molecule has 0 radical (unpaired) electrons. The molecule has 6 heteroatoms. The Kier molecular flexibility index (Phi) is 5.55. The van der Waals surface area contributed by atoms with Crippen molar-refractivity contribution in [2.24, 2.45) is 11.7 Å². The Hall–Kier alpha value is -1.14. The highest BCUT2D eigenvalue weighted by atomic mass is 16.5. The average molecular weight is 258 g/mol. The Labute approximate surface area is 107 Å². The molecule has 0 aromatic heterocycles. The lowest BCUT2D eigenvalue weighted by atomic mass is 9.98. The van der Waals surface area contributed by atoms with Crippen LogP contribution in [0.15, 0.2) is 0 Å². The number of nitrogens with two attached hydrogens (primary N) is 1. The molecule has 1 fully saturated rings. The van der Waals surface area contributed by atoms with Gasteiger partial charge in [0.05, 0.1) is 25.2 Å². The number of aliphatic carboxylic acids is 1. The molecular formula is C12H22N2O4. The zero-order valence-electron chi connectivity index (χ0n) is 11.0. The SMILES string of the molecule is CCC(C)[C@H](N)C(=O)N1CCOC(CC(=O)O)C1. The van der Waals surface area contributed by atoms with Gasteiger partial charge in [0, 0.05) is 13.1 Å². The molecule has 1 aliphatic heterocycles. The average Bonchev–Trinajstić information content (AvgIpc) is 2.35. The van der Waals surface area contributed by atoms with Crippen LogP contribution >= 0.6 is 0 Å². The molecule has 3 atom stereocenters. The van der Waals surface area contributed by atoms with Crippen molar-refractivity contribution in [1.82, 2.24) is 4.90 Å². The lowest BCUT2D eigenvalue weighted by molar-refractivity contribution is -0.148. The number of hydrogen-bond donors (Lipinski definition) is 2. The van der Waals surface area contributed by atoms with Crippen LogP contribution in [0.1, 0.15) is 26.7 Å². The summed E-state index contributed by atoms with van der Waals surface area (Å²) in [6.45, 7) is 5.10. The molecule has 0 spiro atoms. The van der Waals surface area contributed by atoms with Gasteiger partial charge in [0.1, 0.15) is 0 Å². The third-order valence-corrected chi connectivity index (χ3v) is 3.39. The second kappa shape index (κ2) is 6.70. The van der Waals surface area contributed by atoms with Crippen molar-refractivity contribution in [3.05, 3.63) is 0 Å². The second-order valence-electron chi connectivity index (χ2n) is 4.79. The van der Waals surface area contributed by atoms with Gasteiger partial charge in [0.15, 0.2) is 0 Å². The van der Waals surface area contributed by atoms with Gasteiger partial charge >= 0.3 is 5.97 Å². The largest absolute Gasteiger partial charge is 0.481 e. The first-order chi connectivity index (χ1) is 8.45. The summed E-state index contributed by atoms with van der Waals surface area (Å²) in [5.41, 5.74) is 5.90. The molecule has 1 saturated heterocycles. The Morgan fingerprint density at radius 2 is 2.22 bits per heavy atom. The van der Waals surface area contributed by atoms with Crippen LogP contribution in [-0.2, 0) is 14.3 Å². The first-order valence-corrected chi connectivity index (χ1v) is 6.33. The van der Waals surface area contributed by atoms with Crippen molar-refractivity contribution in [1.29, 1.82) is 0 Å². The predicted octanol–water partition coefficient (Wildman–Crippen LogP) is 0.0619. The summed E-state index contributed by atoms with van der Waals surface area (Å²) in [6, 6.07) is -0.515. The predicted molar refractivity (Wildman–Crippen MR) is 66.0 cm³/mol. The first kappa shape index (κ1) is 14.9. The Morgan fingerprint density at radius 3 is 2.78 bits per heavy atom. The number of ether oxygens (including phenoxy) is 1. The van der Waals surface area contributed by atoms with Gasteiger partial charge in [-0.25, -0.2) is 0 Å². The van der Waals surface area contributed by atoms with Crippen LogP contribution in [0.2, 0.25) is 0 Å². The lowest BCUT2D eigenvalue weighted by Gasteiger charge is -2.34. The quantitative estimate of drug-likeness (QED) is 0.727. The molecule has 0 aliphatic carbocycles. The number of morpholine rings is 1. The van der Waals surface area contributed by atoms with E-state index < -0.39 is 18.1 Å². The molecule has 0 aromatic rings. The summed E-state index contributed by atoms with van der Waals surface area (Å²) < 4.78 is 5.32. The fourth-order valence-electron chi connectivity index (χ4n) is 1.95. The van der Waals surface area contributed by atoms with E-state index in [9.17, 15) is 9.59 Å². The summed E-state index contributed by atoms with van der Waals surface area (Å²) in [4.78, 5) is 24.4. The third-order valence-electron chi connectivity index (χ3n) is 3.39. The number of carboxylic acid groups (broad SMARTS) is 1. The fourth-order valence-corrected chi connectivity index (χ4v) is 1.95. The summed E-state index contributed by atoms with van der Waals surface area (Å²) in [7, 11) is 0. The Balaban J connectivity index is 2.55. The molecular weight excluding hydrogens is 236 g/mol. The van der Waals surface area contributed by atoms with Crippen molar-refractivity contribution in [3.63, 3.8) is 0 Å². The van der Waals surface area contributed by atoms with Crippen molar-refractivity contribution < 1.29 is 19.4 Å². The van der Waals surface area contributed by atoms with Gasteiger partial charge in [-0.2, -0.15) is 0 Å². The van der Waals surface area contributed by atoms with Crippen LogP contribution in [0.4, 0.5) is 0 Å². The van der Waals surface area contributed by atoms with Crippen LogP contribution in [0.3, 0.4) is 0 Å². The molecule has 1 heterocycles. The number of carboxylic acids is 1. The minimum absolute atomic E-state index is 0.0810. The summed E-state index contributed by atoms with van der Waals surface area (Å²) >= 11 is 0. The van der Waals surface area contributed by atoms with Crippen LogP contribution in [-0.4, -0.2) is 53.7 Å². The van der Waals surface area contributed by atoms with Gasteiger partial charge in [-0.3, -0.25) is 9.59 Å². The molecule has 1 amide bonds. The zero-order valence-corrected chi connectivity index (χ0v) is 11.0. The number of carbonyl (C=O) groups excluding carboxylic acids is 1. The number of nitrogens with zero attached hydrogens (tertiary/aromatic N) is 1. The molecule has 1 aliphatic rings. The fraction of sp³-hybridized carbons (Fsp3) is 0.833. The van der Waals surface area contributed by atoms with Crippen molar-refractivity contribution in [2.45, 2.75) is 38.8 Å². The monoisotopic (exact) mass is 258 g/mol. The molecule has 104 valence electrons. The Morgan fingerprint density at radius 1 is 1.56 bits per heavy atom. The maximum atomic E-state index is 12.1. The van der Waals surface area contributed by atoms with Crippen molar-refractivity contribution in [2.75, 3.05) is 19.7 Å². The van der Waals surface area contributed by atoms with E-state index in [1.165, 1.54) is 0 Å². The van der Waals surface area contributed by atoms with Crippen molar-refractivity contribution in [3.8, 4) is 0 Å². The maximum Gasteiger partial charge on any atom is 0.306 e. The highest BCUT2D eigenvalue weighted by Gasteiger charge is 2.30. The van der Waals surface area contributed by atoms with Gasteiger partial charge in [-0.05, 0) is 5.92 Å². The van der Waals surface area contributed by atoms with Gasteiger partial charge in [0.2, 0.25) is 5.91 Å². The minimum atomic E-state index is -0.916. The molecule has 3 N–H and O–H groups in total. The van der Waals surface area contributed by atoms with Crippen LogP contribution in [0.25, 0.3) is 0 Å². The van der Waals surface area contributed by atoms with Gasteiger partial charge in [-0.15, -0.1) is 0 Å². The maximum absolute atomic E-state index is 12.1. The summed E-state index contributed by atoms with van der Waals surface area (Å²) in [5, 5.41) is 8.72. The van der Waals surface area contributed by atoms with Gasteiger partial charge in [0.25, 0.3) is 0 Å². The first-order valence-electron chi connectivity index (χ1n) is 6.33. The molecule has 0 saturated carbocycles. The minimum Gasteiger partial charge on any atom is -0.481 e. The molecule has 6 nitrogen and oxygen atoms in total. The van der Waals surface area contributed by atoms with Crippen LogP contribution in [0, 0.1) is 5.92 Å². The number of rotatable bonds is 5.